The highest BCUT2D eigenvalue weighted by atomic mass is 19.1. The Morgan fingerprint density at radius 2 is 1.72 bits per heavy atom. The third-order valence-electron chi connectivity index (χ3n) is 2.93. The average Bonchev–Trinajstić information content (AvgIpc) is 2.40. The van der Waals surface area contributed by atoms with Gasteiger partial charge in [-0.2, -0.15) is 0 Å². The summed E-state index contributed by atoms with van der Waals surface area (Å²) >= 11 is 0. The minimum absolute atomic E-state index is 0.181. The highest BCUT2D eigenvalue weighted by Gasteiger charge is 2.09. The van der Waals surface area contributed by atoms with E-state index in [4.69, 9.17) is 0 Å². The summed E-state index contributed by atoms with van der Waals surface area (Å²) < 4.78 is 12.9. The van der Waals surface area contributed by atoms with Gasteiger partial charge in [0.25, 0.3) is 0 Å². The van der Waals surface area contributed by atoms with Gasteiger partial charge in [0.15, 0.2) is 0 Å². The maximum Gasteiger partial charge on any atom is 0.124 e. The smallest absolute Gasteiger partial charge is 0.124 e. The van der Waals surface area contributed by atoms with E-state index in [-0.39, 0.29) is 11.6 Å². The van der Waals surface area contributed by atoms with Gasteiger partial charge in [-0.3, -0.25) is 4.98 Å². The number of benzene rings is 2. The van der Waals surface area contributed by atoms with Crippen molar-refractivity contribution in [3.05, 3.63) is 60.7 Å². The molecule has 3 heteroatoms. The molecule has 0 unspecified atom stereocenters. The van der Waals surface area contributed by atoms with E-state index in [2.05, 4.69) is 4.98 Å². The number of hydrogen-bond donors (Lipinski definition) is 1. The van der Waals surface area contributed by atoms with Gasteiger partial charge in [0.2, 0.25) is 0 Å². The van der Waals surface area contributed by atoms with E-state index in [1.54, 1.807) is 30.6 Å². The first-order valence-electron chi connectivity index (χ1n) is 5.57. The Bertz CT molecular complexity index is 707. The molecule has 0 bridgehead atoms. The van der Waals surface area contributed by atoms with Crippen LogP contribution in [0.3, 0.4) is 0 Å². The van der Waals surface area contributed by atoms with Crippen LogP contribution in [0.4, 0.5) is 4.39 Å². The summed E-state index contributed by atoms with van der Waals surface area (Å²) in [4.78, 5) is 4.05. The Morgan fingerprint density at radius 1 is 0.944 bits per heavy atom. The van der Waals surface area contributed by atoms with Crippen LogP contribution in [0.1, 0.15) is 0 Å². The predicted octanol–water partition coefficient (Wildman–Crippen LogP) is 3.75. The van der Waals surface area contributed by atoms with Crippen LogP contribution in [0.2, 0.25) is 0 Å². The second kappa shape index (κ2) is 4.11. The molecule has 0 radical (unpaired) electrons. The molecule has 88 valence electrons. The highest BCUT2D eigenvalue weighted by molar-refractivity contribution is 5.99. The fraction of sp³-hybridized carbons (Fsp3) is 0. The normalized spacial score (nSPS) is 10.7. The second-order valence-corrected chi connectivity index (χ2v) is 4.06. The third-order valence-corrected chi connectivity index (χ3v) is 2.93. The molecule has 0 atom stereocenters. The van der Waals surface area contributed by atoms with Crippen LogP contribution in [0.25, 0.3) is 21.9 Å². The van der Waals surface area contributed by atoms with Gasteiger partial charge >= 0.3 is 0 Å². The van der Waals surface area contributed by atoms with E-state index < -0.39 is 0 Å². The maximum absolute atomic E-state index is 12.9. The van der Waals surface area contributed by atoms with Gasteiger partial charge in [-0.05, 0) is 41.3 Å². The minimum Gasteiger partial charge on any atom is -0.507 e. The number of hydrogen-bond acceptors (Lipinski definition) is 2. The topological polar surface area (TPSA) is 33.1 Å². The maximum atomic E-state index is 12.9. The van der Waals surface area contributed by atoms with Crippen LogP contribution in [0, 0.1) is 5.82 Å². The number of phenols is 1. The standard InChI is InChI=1S/C15H10FNO/c16-12-4-1-10(2-5-12)15-13-7-8-17-9-11(13)3-6-14(15)18/h1-9,18H. The zero-order chi connectivity index (χ0) is 12.5. The molecular weight excluding hydrogens is 229 g/mol. The molecule has 3 rings (SSSR count). The first kappa shape index (κ1) is 10.7. The number of halogens is 1. The van der Waals surface area contributed by atoms with Crippen LogP contribution >= 0.6 is 0 Å². The summed E-state index contributed by atoms with van der Waals surface area (Å²) in [6.07, 6.45) is 3.41. The zero-order valence-corrected chi connectivity index (χ0v) is 9.47. The molecule has 1 aromatic heterocycles. The summed E-state index contributed by atoms with van der Waals surface area (Å²) in [7, 11) is 0. The number of pyridine rings is 1. The summed E-state index contributed by atoms with van der Waals surface area (Å²) in [6, 6.07) is 11.4. The largest absolute Gasteiger partial charge is 0.507 e. The van der Waals surface area contributed by atoms with Crippen molar-refractivity contribution < 1.29 is 9.50 Å². The monoisotopic (exact) mass is 239 g/mol. The number of aromatic nitrogens is 1. The van der Waals surface area contributed by atoms with Gasteiger partial charge < -0.3 is 5.11 Å². The summed E-state index contributed by atoms with van der Waals surface area (Å²) in [5.74, 6) is -0.111. The first-order chi connectivity index (χ1) is 8.75. The van der Waals surface area contributed by atoms with Crippen molar-refractivity contribution in [3.63, 3.8) is 0 Å². The van der Waals surface area contributed by atoms with Crippen molar-refractivity contribution in [2.45, 2.75) is 0 Å². The molecule has 0 saturated carbocycles. The molecule has 3 aromatic rings. The van der Waals surface area contributed by atoms with E-state index in [1.807, 2.05) is 12.1 Å². The molecular formula is C15H10FNO. The van der Waals surface area contributed by atoms with E-state index >= 15 is 0 Å². The second-order valence-electron chi connectivity index (χ2n) is 4.06. The number of aromatic hydroxyl groups is 1. The lowest BCUT2D eigenvalue weighted by Gasteiger charge is -2.09. The number of nitrogens with zero attached hydrogens (tertiary/aromatic N) is 1. The highest BCUT2D eigenvalue weighted by Crippen LogP contribution is 2.35. The van der Waals surface area contributed by atoms with Crippen LogP contribution in [-0.2, 0) is 0 Å². The van der Waals surface area contributed by atoms with Gasteiger partial charge in [-0.15, -0.1) is 0 Å². The van der Waals surface area contributed by atoms with Crippen molar-refractivity contribution in [3.8, 4) is 16.9 Å². The SMILES string of the molecule is Oc1ccc2cnccc2c1-c1ccc(F)cc1. The Balaban J connectivity index is 2.33. The quantitative estimate of drug-likeness (QED) is 0.701. The Kier molecular flexibility index (Phi) is 2.45. The molecule has 1 N–H and O–H groups in total. The van der Waals surface area contributed by atoms with E-state index in [0.717, 1.165) is 16.3 Å². The lowest BCUT2D eigenvalue weighted by atomic mass is 9.98. The molecule has 2 nitrogen and oxygen atoms in total. The molecule has 0 aliphatic carbocycles. The molecule has 0 aliphatic rings. The Hall–Kier alpha value is -2.42. The Morgan fingerprint density at radius 3 is 2.50 bits per heavy atom. The van der Waals surface area contributed by atoms with Gasteiger partial charge in [-0.1, -0.05) is 12.1 Å². The molecule has 2 aromatic carbocycles. The van der Waals surface area contributed by atoms with Crippen molar-refractivity contribution in [2.24, 2.45) is 0 Å². The molecule has 0 spiro atoms. The number of phenolic OH excluding ortho intramolecular Hbond substituents is 1. The number of fused-ring (bicyclic) bond motifs is 1. The molecule has 0 fully saturated rings. The van der Waals surface area contributed by atoms with E-state index in [1.165, 1.54) is 12.1 Å². The van der Waals surface area contributed by atoms with Crippen molar-refractivity contribution in [2.75, 3.05) is 0 Å². The average molecular weight is 239 g/mol. The zero-order valence-electron chi connectivity index (χ0n) is 9.47. The van der Waals surface area contributed by atoms with Crippen LogP contribution in [0.5, 0.6) is 5.75 Å². The predicted molar refractivity (Wildman–Crippen MR) is 68.8 cm³/mol. The molecule has 0 saturated heterocycles. The summed E-state index contributed by atoms with van der Waals surface area (Å²) in [5.41, 5.74) is 1.49. The number of rotatable bonds is 1. The molecule has 18 heavy (non-hydrogen) atoms. The fourth-order valence-electron chi connectivity index (χ4n) is 2.08. The minimum atomic E-state index is -0.292. The third kappa shape index (κ3) is 1.70. The summed E-state index contributed by atoms with van der Waals surface area (Å²) in [5, 5.41) is 11.9. The van der Waals surface area contributed by atoms with Gasteiger partial charge in [0.1, 0.15) is 11.6 Å². The van der Waals surface area contributed by atoms with E-state index in [0.29, 0.717) is 5.56 Å². The van der Waals surface area contributed by atoms with E-state index in [9.17, 15) is 9.50 Å². The Labute approximate surface area is 103 Å². The fourth-order valence-corrected chi connectivity index (χ4v) is 2.08. The van der Waals surface area contributed by atoms with Crippen molar-refractivity contribution in [1.82, 2.24) is 4.98 Å². The first-order valence-corrected chi connectivity index (χ1v) is 5.57. The summed E-state index contributed by atoms with van der Waals surface area (Å²) in [6.45, 7) is 0. The van der Waals surface area contributed by atoms with Crippen LogP contribution < -0.4 is 0 Å². The lowest BCUT2D eigenvalue weighted by molar-refractivity contribution is 0.478. The lowest BCUT2D eigenvalue weighted by Crippen LogP contribution is -1.84. The van der Waals surface area contributed by atoms with Crippen molar-refractivity contribution >= 4 is 10.8 Å². The molecule has 1 heterocycles. The van der Waals surface area contributed by atoms with Crippen LogP contribution in [0.15, 0.2) is 54.9 Å². The molecule has 0 aliphatic heterocycles. The van der Waals surface area contributed by atoms with Gasteiger partial charge in [0.05, 0.1) is 0 Å². The molecule has 0 amide bonds. The van der Waals surface area contributed by atoms with Crippen LogP contribution in [-0.4, -0.2) is 10.1 Å². The van der Waals surface area contributed by atoms with Gasteiger partial charge in [0, 0.05) is 23.3 Å². The van der Waals surface area contributed by atoms with Crippen molar-refractivity contribution in [1.29, 1.82) is 0 Å². The van der Waals surface area contributed by atoms with Gasteiger partial charge in [-0.25, -0.2) is 4.39 Å².